The monoisotopic (exact) mass is 536 g/mol. The molecule has 0 aromatic heterocycles. The van der Waals surface area contributed by atoms with E-state index in [-0.39, 0.29) is 24.8 Å². The molecule has 0 saturated heterocycles. The zero-order valence-corrected chi connectivity index (χ0v) is 24.3. The SMILES string of the molecule is CC(C)[CH2][Zr](=[SiH2])([CH2]C(C)C)([C]1=CC=CC1)[c]1cccc2c1Cc1ccccc1-2.Cl.Cl. The predicted octanol–water partition coefficient (Wildman–Crippen LogP) is 6.96. The zero-order valence-electron chi connectivity index (χ0n) is 18.8. The van der Waals surface area contributed by atoms with E-state index in [0.717, 1.165) is 18.3 Å². The first-order chi connectivity index (χ1) is 13.3. The standard InChI is InChI=1S/C13H9.C5H5.2C4H9.2ClH.H2Si.Zr/c1-3-7-12-10(5-1)9-11-6-2-4-8-13(11)12;1-2-4-5-3-1;2*1-4(2)3;;;;/h1-5,7-8H,9H2;1-3H,4H2;2*4H,1H2,2-3H3;2*1H;1H2;. The molecule has 0 aliphatic heterocycles. The van der Waals surface area contributed by atoms with Gasteiger partial charge in [0.1, 0.15) is 0 Å². The van der Waals surface area contributed by atoms with Crippen LogP contribution in [0.2, 0.25) is 8.26 Å². The summed E-state index contributed by atoms with van der Waals surface area (Å²) >= 11 is -3.42. The van der Waals surface area contributed by atoms with Crippen LogP contribution in [0.25, 0.3) is 11.1 Å². The molecular weight excluding hydrogens is 503 g/mol. The molecule has 2 aliphatic rings. The molecular formula is C26H36Cl2SiZr. The molecule has 0 nitrogen and oxygen atoms in total. The Kier molecular flexibility index (Phi) is 8.29. The Labute approximate surface area is 197 Å². The Morgan fingerprint density at radius 3 is 2.10 bits per heavy atom. The maximum atomic E-state index is 2.55. The maximum Gasteiger partial charge on any atom is -0.147 e. The number of hydrogen-bond acceptors (Lipinski definition) is 0. The Hall–Kier alpha value is -0.400. The molecule has 0 spiro atoms. The van der Waals surface area contributed by atoms with Gasteiger partial charge in [-0.3, -0.25) is 0 Å². The molecule has 0 radical (unpaired) electrons. The third-order valence-corrected chi connectivity index (χ3v) is 33.9. The summed E-state index contributed by atoms with van der Waals surface area (Å²) in [6.45, 7) is 12.3. The molecule has 0 N–H and O–H groups in total. The Morgan fingerprint density at radius 2 is 1.50 bits per heavy atom. The molecule has 2 aromatic rings. The quantitative estimate of drug-likeness (QED) is 0.298. The molecule has 0 unspecified atom stereocenters. The average Bonchev–Trinajstić information content (AvgIpc) is 3.28. The van der Waals surface area contributed by atoms with Crippen LogP contribution < -0.4 is 3.27 Å². The van der Waals surface area contributed by atoms with Crippen molar-refractivity contribution in [1.82, 2.24) is 0 Å². The van der Waals surface area contributed by atoms with Crippen molar-refractivity contribution < 1.29 is 17.4 Å². The molecule has 162 valence electrons. The van der Waals surface area contributed by atoms with Crippen LogP contribution in [-0.2, 0) is 23.8 Å². The van der Waals surface area contributed by atoms with Gasteiger partial charge in [0.05, 0.1) is 0 Å². The van der Waals surface area contributed by atoms with E-state index in [1.54, 1.807) is 8.83 Å². The van der Waals surface area contributed by atoms with E-state index in [2.05, 4.69) is 95.3 Å². The summed E-state index contributed by atoms with van der Waals surface area (Å²) in [6, 6.07) is 16.4. The first kappa shape index (κ1) is 25.9. The zero-order chi connectivity index (χ0) is 20.0. The first-order valence-corrected chi connectivity index (χ1v) is 22.8. The van der Waals surface area contributed by atoms with Gasteiger partial charge in [0.15, 0.2) is 0 Å². The van der Waals surface area contributed by atoms with E-state index in [1.165, 1.54) is 31.4 Å². The van der Waals surface area contributed by atoms with Gasteiger partial charge < -0.3 is 0 Å². The number of allylic oxidation sites excluding steroid dienone is 4. The van der Waals surface area contributed by atoms with E-state index in [1.807, 2.05) is 3.28 Å². The van der Waals surface area contributed by atoms with Crippen LogP contribution in [0.5, 0.6) is 0 Å². The van der Waals surface area contributed by atoms with Crippen LogP contribution in [0.3, 0.4) is 0 Å². The summed E-state index contributed by atoms with van der Waals surface area (Å²) in [7, 11) is 0. The molecule has 0 atom stereocenters. The normalized spacial score (nSPS) is 14.8. The second-order valence-corrected chi connectivity index (χ2v) is 34.6. The molecule has 4 heteroatoms. The van der Waals surface area contributed by atoms with Crippen LogP contribution >= 0.6 is 24.8 Å². The molecule has 0 fully saturated rings. The molecule has 0 heterocycles. The predicted molar refractivity (Wildman–Crippen MR) is 138 cm³/mol. The molecule has 2 aromatic carbocycles. The topological polar surface area (TPSA) is 0 Å². The van der Waals surface area contributed by atoms with Crippen molar-refractivity contribution in [3.05, 3.63) is 75.1 Å². The molecule has 30 heavy (non-hydrogen) atoms. The van der Waals surface area contributed by atoms with Gasteiger partial charge in [-0.2, -0.15) is 0 Å². The van der Waals surface area contributed by atoms with Crippen molar-refractivity contribution in [3.8, 4) is 11.1 Å². The minimum absolute atomic E-state index is 0. The van der Waals surface area contributed by atoms with Crippen LogP contribution in [0.4, 0.5) is 0 Å². The molecule has 2 aliphatic carbocycles. The van der Waals surface area contributed by atoms with Gasteiger partial charge >= 0.3 is 174 Å². The van der Waals surface area contributed by atoms with E-state index in [9.17, 15) is 0 Å². The van der Waals surface area contributed by atoms with Crippen LogP contribution in [-0.4, -0.2) is 6.88 Å². The van der Waals surface area contributed by atoms with Gasteiger partial charge in [0, 0.05) is 0 Å². The molecule has 0 bridgehead atoms. The Bertz CT molecular complexity index is 1030. The van der Waals surface area contributed by atoms with Gasteiger partial charge in [0.25, 0.3) is 0 Å². The summed E-state index contributed by atoms with van der Waals surface area (Å²) in [4.78, 5) is 0. The van der Waals surface area contributed by atoms with Crippen molar-refractivity contribution >= 4 is 35.0 Å². The fraction of sp³-hybridized carbons (Fsp3) is 0.385. The largest absolute Gasteiger partial charge is 0.147 e. The van der Waals surface area contributed by atoms with Crippen LogP contribution in [0.15, 0.2) is 64.0 Å². The maximum absolute atomic E-state index is 3.42. The van der Waals surface area contributed by atoms with Gasteiger partial charge in [-0.15, -0.1) is 24.8 Å². The van der Waals surface area contributed by atoms with Crippen molar-refractivity contribution in [2.45, 2.75) is 48.8 Å². The van der Waals surface area contributed by atoms with Gasteiger partial charge in [-0.05, 0) is 0 Å². The van der Waals surface area contributed by atoms with Crippen LogP contribution in [0.1, 0.15) is 45.2 Å². The Balaban J connectivity index is 0.00000160. The second-order valence-electron chi connectivity index (χ2n) is 10.1. The smallest absolute Gasteiger partial charge is 0.147 e. The molecule has 0 amide bonds. The summed E-state index contributed by atoms with van der Waals surface area (Å²) in [5.41, 5.74) is 6.17. The van der Waals surface area contributed by atoms with E-state index < -0.39 is 17.4 Å². The third-order valence-electron chi connectivity index (χ3n) is 6.97. The Morgan fingerprint density at radius 1 is 0.867 bits per heavy atom. The van der Waals surface area contributed by atoms with Gasteiger partial charge in [-0.25, -0.2) is 0 Å². The number of fused-ring (bicyclic) bond motifs is 3. The minimum atomic E-state index is -3.42. The van der Waals surface area contributed by atoms with Gasteiger partial charge in [0.2, 0.25) is 0 Å². The minimum Gasteiger partial charge on any atom is -0.147 e. The van der Waals surface area contributed by atoms with E-state index in [4.69, 9.17) is 0 Å². The fourth-order valence-corrected chi connectivity index (χ4v) is 36.8. The summed E-state index contributed by atoms with van der Waals surface area (Å²) < 4.78 is 6.45. The van der Waals surface area contributed by atoms with E-state index in [0.29, 0.717) is 0 Å². The number of rotatable bonds is 6. The fourth-order valence-electron chi connectivity index (χ4n) is 6.41. The third kappa shape index (κ3) is 4.27. The van der Waals surface area contributed by atoms with Crippen molar-refractivity contribution in [1.29, 1.82) is 0 Å². The van der Waals surface area contributed by atoms with Crippen molar-refractivity contribution in [2.24, 2.45) is 11.8 Å². The first-order valence-electron chi connectivity index (χ1n) is 10.9. The van der Waals surface area contributed by atoms with Crippen molar-refractivity contribution in [3.63, 3.8) is 0 Å². The second kappa shape index (κ2) is 9.62. The number of halogens is 2. The van der Waals surface area contributed by atoms with Gasteiger partial charge in [-0.1, -0.05) is 0 Å². The summed E-state index contributed by atoms with van der Waals surface area (Å²) in [5, 5.41) is 0. The summed E-state index contributed by atoms with van der Waals surface area (Å²) in [6.07, 6.45) is 9.56. The summed E-state index contributed by atoms with van der Waals surface area (Å²) in [5.74, 6) is 1.48. The van der Waals surface area contributed by atoms with E-state index >= 15 is 0 Å². The van der Waals surface area contributed by atoms with Crippen LogP contribution in [0, 0.1) is 11.8 Å². The average molecular weight is 539 g/mol. The molecule has 4 rings (SSSR count). The number of hydrogen-bond donors (Lipinski definition) is 0. The molecule has 0 saturated carbocycles. The number of benzene rings is 2. The van der Waals surface area contributed by atoms with Crippen molar-refractivity contribution in [2.75, 3.05) is 0 Å².